The van der Waals surface area contributed by atoms with Crippen LogP contribution in [0.2, 0.25) is 5.02 Å². The van der Waals surface area contributed by atoms with E-state index in [2.05, 4.69) is 15.1 Å². The van der Waals surface area contributed by atoms with E-state index in [1.165, 1.54) is 0 Å². The van der Waals surface area contributed by atoms with Gasteiger partial charge in [-0.25, -0.2) is 4.79 Å². The lowest BCUT2D eigenvalue weighted by Gasteiger charge is -2.36. The number of hydrogen-bond acceptors (Lipinski definition) is 7. The number of rotatable bonds is 5. The Morgan fingerprint density at radius 3 is 2.61 bits per heavy atom. The van der Waals surface area contributed by atoms with Gasteiger partial charge in [0.15, 0.2) is 17.3 Å². The number of fused-ring (bicyclic) bond motifs is 3. The van der Waals surface area contributed by atoms with Crippen LogP contribution >= 0.6 is 11.6 Å². The largest absolute Gasteiger partial charge is 0.396 e. The SMILES string of the molecule is CC(C)(CO)C1CN2C(=O)N(Cc3ccc(Cl)cc3)c3cc(N4CCOCC4)nnc3C2=N1. The van der Waals surface area contributed by atoms with Crippen LogP contribution in [0.3, 0.4) is 0 Å². The third-order valence-corrected chi connectivity index (χ3v) is 6.77. The first-order valence-corrected chi connectivity index (χ1v) is 11.5. The number of carbonyl (C=O) groups excluding carboxylic acids is 1. The van der Waals surface area contributed by atoms with E-state index in [4.69, 9.17) is 21.3 Å². The molecule has 1 unspecified atom stereocenters. The summed E-state index contributed by atoms with van der Waals surface area (Å²) < 4.78 is 5.46. The number of aliphatic hydroxyl groups excluding tert-OH is 1. The molecular formula is C23H27ClN6O3. The highest BCUT2D eigenvalue weighted by molar-refractivity contribution is 6.30. The number of ether oxygens (including phenoxy) is 1. The first-order valence-electron chi connectivity index (χ1n) is 11.1. The van der Waals surface area contributed by atoms with E-state index >= 15 is 0 Å². The number of hydrogen-bond donors (Lipinski definition) is 1. The average molecular weight is 471 g/mol. The molecule has 1 aromatic heterocycles. The molecule has 2 aromatic rings. The highest BCUT2D eigenvalue weighted by Crippen LogP contribution is 2.37. The highest BCUT2D eigenvalue weighted by Gasteiger charge is 2.45. The van der Waals surface area contributed by atoms with Crippen LogP contribution < -0.4 is 9.80 Å². The maximum atomic E-state index is 13.7. The van der Waals surface area contributed by atoms with E-state index in [0.29, 0.717) is 54.4 Å². The standard InChI is InChI=1S/C23H27ClN6O3/c1-23(2,14-31)18-13-30-21(25-18)20-17(11-19(26-27-20)28-7-9-33-10-8-28)29(22(30)32)12-15-3-5-16(24)6-4-15/h3-6,11,18,31H,7-10,12-14H2,1-2H3. The zero-order valence-corrected chi connectivity index (χ0v) is 19.5. The number of amidine groups is 1. The van der Waals surface area contributed by atoms with Crippen LogP contribution in [0.25, 0.3) is 0 Å². The number of carbonyl (C=O) groups is 1. The van der Waals surface area contributed by atoms with Crippen molar-refractivity contribution in [3.63, 3.8) is 0 Å². The van der Waals surface area contributed by atoms with E-state index in [0.717, 1.165) is 18.7 Å². The molecule has 1 atom stereocenters. The zero-order valence-electron chi connectivity index (χ0n) is 18.7. The fourth-order valence-corrected chi connectivity index (χ4v) is 4.39. The fourth-order valence-electron chi connectivity index (χ4n) is 4.26. The summed E-state index contributed by atoms with van der Waals surface area (Å²) in [5, 5.41) is 19.5. The molecule has 0 bridgehead atoms. The lowest BCUT2D eigenvalue weighted by Crippen LogP contribution is -2.51. The van der Waals surface area contributed by atoms with Gasteiger partial charge < -0.3 is 14.7 Å². The van der Waals surface area contributed by atoms with Crippen LogP contribution in [0.15, 0.2) is 35.3 Å². The van der Waals surface area contributed by atoms with Gasteiger partial charge in [-0.15, -0.1) is 10.2 Å². The van der Waals surface area contributed by atoms with Crippen molar-refractivity contribution in [3.8, 4) is 0 Å². The summed E-state index contributed by atoms with van der Waals surface area (Å²) in [7, 11) is 0. The van der Waals surface area contributed by atoms with Gasteiger partial charge in [0, 0.05) is 29.6 Å². The number of amides is 2. The van der Waals surface area contributed by atoms with E-state index in [1.54, 1.807) is 9.80 Å². The molecule has 0 spiro atoms. The highest BCUT2D eigenvalue weighted by atomic mass is 35.5. The van der Waals surface area contributed by atoms with E-state index in [1.807, 2.05) is 44.2 Å². The summed E-state index contributed by atoms with van der Waals surface area (Å²) >= 11 is 6.06. The monoisotopic (exact) mass is 470 g/mol. The molecule has 0 saturated carbocycles. The van der Waals surface area contributed by atoms with Crippen molar-refractivity contribution in [1.82, 2.24) is 15.1 Å². The second-order valence-corrected chi connectivity index (χ2v) is 9.69. The van der Waals surface area contributed by atoms with Gasteiger partial charge in [-0.1, -0.05) is 37.6 Å². The molecule has 9 nitrogen and oxygen atoms in total. The van der Waals surface area contributed by atoms with Gasteiger partial charge in [0.05, 0.1) is 44.6 Å². The Morgan fingerprint density at radius 2 is 1.91 bits per heavy atom. The summed E-state index contributed by atoms with van der Waals surface area (Å²) in [4.78, 5) is 24.0. The van der Waals surface area contributed by atoms with Crippen LogP contribution in [-0.4, -0.2) is 77.6 Å². The Bertz CT molecular complexity index is 1080. The van der Waals surface area contributed by atoms with Gasteiger partial charge in [-0.3, -0.25) is 14.8 Å². The van der Waals surface area contributed by atoms with Crippen molar-refractivity contribution < 1.29 is 14.6 Å². The van der Waals surface area contributed by atoms with Crippen molar-refractivity contribution in [2.45, 2.75) is 26.4 Å². The number of benzene rings is 1. The molecule has 174 valence electrons. The number of nitrogens with zero attached hydrogens (tertiary/aromatic N) is 6. The average Bonchev–Trinajstić information content (AvgIpc) is 3.30. The maximum absolute atomic E-state index is 13.7. The quantitative estimate of drug-likeness (QED) is 0.721. The summed E-state index contributed by atoms with van der Waals surface area (Å²) in [6, 6.07) is 9.00. The number of aliphatic hydroxyl groups is 1. The molecule has 0 radical (unpaired) electrons. The predicted octanol–water partition coefficient (Wildman–Crippen LogP) is 2.56. The van der Waals surface area contributed by atoms with Crippen LogP contribution in [0.5, 0.6) is 0 Å². The van der Waals surface area contributed by atoms with Crippen LogP contribution in [0, 0.1) is 5.41 Å². The van der Waals surface area contributed by atoms with Crippen molar-refractivity contribution in [3.05, 3.63) is 46.6 Å². The van der Waals surface area contributed by atoms with Gasteiger partial charge in [-0.2, -0.15) is 0 Å². The van der Waals surface area contributed by atoms with Gasteiger partial charge in [0.2, 0.25) is 0 Å². The second kappa shape index (κ2) is 8.55. The summed E-state index contributed by atoms with van der Waals surface area (Å²) in [6.45, 7) is 7.33. The van der Waals surface area contributed by atoms with Crippen LogP contribution in [0.1, 0.15) is 25.1 Å². The van der Waals surface area contributed by atoms with Crippen molar-refractivity contribution in [2.75, 3.05) is 49.3 Å². The summed E-state index contributed by atoms with van der Waals surface area (Å²) in [5.41, 5.74) is 1.75. The molecule has 2 amide bonds. The Hall–Kier alpha value is -2.75. The van der Waals surface area contributed by atoms with Gasteiger partial charge >= 0.3 is 6.03 Å². The second-order valence-electron chi connectivity index (χ2n) is 9.26. The molecule has 33 heavy (non-hydrogen) atoms. The molecule has 10 heteroatoms. The lowest BCUT2D eigenvalue weighted by molar-refractivity contribution is 0.122. The fraction of sp³-hybridized carbons (Fsp3) is 0.478. The Balaban J connectivity index is 1.56. The number of halogens is 1. The van der Waals surface area contributed by atoms with E-state index < -0.39 is 5.41 Å². The minimum Gasteiger partial charge on any atom is -0.396 e. The number of aliphatic imine (C=N–C) groups is 1. The number of urea groups is 1. The summed E-state index contributed by atoms with van der Waals surface area (Å²) in [5.74, 6) is 1.24. The molecule has 1 fully saturated rings. The number of aromatic nitrogens is 2. The molecule has 1 N–H and O–H groups in total. The molecule has 1 saturated heterocycles. The first-order chi connectivity index (χ1) is 15.9. The number of morpholine rings is 1. The first kappa shape index (κ1) is 22.1. The van der Waals surface area contributed by atoms with Crippen molar-refractivity contribution >= 4 is 35.0 Å². The topological polar surface area (TPSA) is 94.4 Å². The molecule has 1 aromatic carbocycles. The Morgan fingerprint density at radius 1 is 1.18 bits per heavy atom. The third kappa shape index (κ3) is 4.05. The van der Waals surface area contributed by atoms with Gasteiger partial charge in [-0.05, 0) is 17.7 Å². The van der Waals surface area contributed by atoms with Crippen molar-refractivity contribution in [2.24, 2.45) is 10.4 Å². The molecular weight excluding hydrogens is 444 g/mol. The summed E-state index contributed by atoms with van der Waals surface area (Å²) in [6.07, 6.45) is 0. The smallest absolute Gasteiger partial charge is 0.330 e. The lowest BCUT2D eigenvalue weighted by atomic mass is 9.86. The molecule has 5 rings (SSSR count). The molecule has 3 aliphatic heterocycles. The van der Waals surface area contributed by atoms with Crippen LogP contribution in [-0.2, 0) is 11.3 Å². The predicted molar refractivity (Wildman–Crippen MR) is 126 cm³/mol. The molecule has 4 heterocycles. The Kier molecular flexibility index (Phi) is 5.72. The zero-order chi connectivity index (χ0) is 23.2. The molecule has 0 aliphatic carbocycles. The Labute approximate surface area is 197 Å². The van der Waals surface area contributed by atoms with Gasteiger partial charge in [0.25, 0.3) is 0 Å². The van der Waals surface area contributed by atoms with E-state index in [9.17, 15) is 9.90 Å². The number of anilines is 2. The van der Waals surface area contributed by atoms with Crippen molar-refractivity contribution in [1.29, 1.82) is 0 Å². The van der Waals surface area contributed by atoms with Crippen LogP contribution in [0.4, 0.5) is 16.3 Å². The normalized spacial score (nSPS) is 20.6. The maximum Gasteiger partial charge on any atom is 0.330 e. The van der Waals surface area contributed by atoms with E-state index in [-0.39, 0.29) is 18.7 Å². The third-order valence-electron chi connectivity index (χ3n) is 6.51. The minimum atomic E-state index is -0.465. The van der Waals surface area contributed by atoms with Gasteiger partial charge in [0.1, 0.15) is 0 Å². The minimum absolute atomic E-state index is 0.0283. The molecule has 3 aliphatic rings.